The van der Waals surface area contributed by atoms with Crippen LogP contribution >= 0.6 is 0 Å². The number of benzene rings is 1. The zero-order valence-corrected chi connectivity index (χ0v) is 14.8. The van der Waals surface area contributed by atoms with Gasteiger partial charge in [-0.15, -0.1) is 0 Å². The minimum Gasteiger partial charge on any atom is -0.385 e. The Bertz CT molecular complexity index is 625. The Hall–Kier alpha value is -2.41. The lowest BCUT2D eigenvalue weighted by molar-refractivity contribution is -0.130. The van der Waals surface area contributed by atoms with Gasteiger partial charge in [-0.3, -0.25) is 14.4 Å². The summed E-state index contributed by atoms with van der Waals surface area (Å²) in [5.41, 5.74) is 0.950. The highest BCUT2D eigenvalue weighted by atomic mass is 16.5. The van der Waals surface area contributed by atoms with Gasteiger partial charge < -0.3 is 19.9 Å². The normalized spacial score (nSPS) is 14.3. The third-order valence-electron chi connectivity index (χ3n) is 4.19. The van der Waals surface area contributed by atoms with Crippen LogP contribution in [0.15, 0.2) is 24.3 Å². The lowest BCUT2D eigenvalue weighted by Crippen LogP contribution is -2.50. The van der Waals surface area contributed by atoms with Gasteiger partial charge in [0.15, 0.2) is 0 Å². The Balaban J connectivity index is 1.95. The van der Waals surface area contributed by atoms with Gasteiger partial charge in [-0.2, -0.15) is 0 Å². The van der Waals surface area contributed by atoms with E-state index in [0.29, 0.717) is 50.5 Å². The molecule has 7 heteroatoms. The number of methoxy groups -OCH3 is 1. The number of nitrogens with one attached hydrogen (secondary N) is 1. The van der Waals surface area contributed by atoms with Crippen molar-refractivity contribution in [1.82, 2.24) is 15.1 Å². The minimum atomic E-state index is -0.202. The number of amides is 3. The van der Waals surface area contributed by atoms with Crippen LogP contribution in [0.3, 0.4) is 0 Å². The van der Waals surface area contributed by atoms with Crippen LogP contribution in [0.2, 0.25) is 0 Å². The second-order valence-electron chi connectivity index (χ2n) is 5.98. The maximum absolute atomic E-state index is 12.6. The predicted molar refractivity (Wildman–Crippen MR) is 93.4 cm³/mol. The van der Waals surface area contributed by atoms with E-state index in [1.165, 1.54) is 6.92 Å². The predicted octanol–water partition coefficient (Wildman–Crippen LogP) is 0.757. The monoisotopic (exact) mass is 347 g/mol. The molecule has 0 bridgehead atoms. The summed E-state index contributed by atoms with van der Waals surface area (Å²) in [5.74, 6) is -0.288. The van der Waals surface area contributed by atoms with Crippen LogP contribution in [0.5, 0.6) is 0 Å². The first-order chi connectivity index (χ1) is 12.0. The summed E-state index contributed by atoms with van der Waals surface area (Å²) in [6.07, 6.45) is 0.737. The van der Waals surface area contributed by atoms with Crippen molar-refractivity contribution in [2.24, 2.45) is 0 Å². The van der Waals surface area contributed by atoms with Crippen molar-refractivity contribution in [3.8, 4) is 0 Å². The summed E-state index contributed by atoms with van der Waals surface area (Å²) in [6, 6.07) is 6.73. The molecule has 0 aliphatic carbocycles. The van der Waals surface area contributed by atoms with Crippen LogP contribution < -0.4 is 5.32 Å². The Labute approximate surface area is 147 Å². The molecular weight excluding hydrogens is 322 g/mol. The highest BCUT2D eigenvalue weighted by Gasteiger charge is 2.23. The molecule has 0 spiro atoms. The van der Waals surface area contributed by atoms with Gasteiger partial charge in [0.2, 0.25) is 5.91 Å². The van der Waals surface area contributed by atoms with Gasteiger partial charge >= 0.3 is 0 Å². The third-order valence-corrected chi connectivity index (χ3v) is 4.19. The van der Waals surface area contributed by atoms with Gasteiger partial charge in [0.05, 0.1) is 0 Å². The van der Waals surface area contributed by atoms with Gasteiger partial charge in [0, 0.05) is 64.5 Å². The van der Waals surface area contributed by atoms with Crippen LogP contribution in [0.25, 0.3) is 0 Å². The fraction of sp³-hybridized carbons (Fsp3) is 0.500. The van der Waals surface area contributed by atoms with E-state index in [4.69, 9.17) is 4.74 Å². The van der Waals surface area contributed by atoms with Crippen molar-refractivity contribution in [3.05, 3.63) is 35.4 Å². The first-order valence-electron chi connectivity index (χ1n) is 8.45. The van der Waals surface area contributed by atoms with E-state index in [-0.39, 0.29) is 17.7 Å². The van der Waals surface area contributed by atoms with Crippen LogP contribution in [0.1, 0.15) is 34.1 Å². The molecule has 0 saturated carbocycles. The number of ether oxygens (including phenoxy) is 1. The molecule has 25 heavy (non-hydrogen) atoms. The highest BCUT2D eigenvalue weighted by Crippen LogP contribution is 2.11. The van der Waals surface area contributed by atoms with Gasteiger partial charge in [0.25, 0.3) is 11.8 Å². The first kappa shape index (κ1) is 18.9. The zero-order valence-electron chi connectivity index (χ0n) is 14.8. The molecule has 1 aliphatic heterocycles. The molecule has 1 heterocycles. The fourth-order valence-corrected chi connectivity index (χ4v) is 2.72. The van der Waals surface area contributed by atoms with E-state index < -0.39 is 0 Å². The van der Waals surface area contributed by atoms with Crippen molar-refractivity contribution in [2.45, 2.75) is 13.3 Å². The van der Waals surface area contributed by atoms with Gasteiger partial charge in [-0.25, -0.2) is 0 Å². The van der Waals surface area contributed by atoms with Crippen molar-refractivity contribution >= 4 is 17.7 Å². The van der Waals surface area contributed by atoms with Gasteiger partial charge in [-0.05, 0) is 24.6 Å². The fourth-order valence-electron chi connectivity index (χ4n) is 2.72. The van der Waals surface area contributed by atoms with Crippen molar-refractivity contribution in [2.75, 3.05) is 46.4 Å². The van der Waals surface area contributed by atoms with E-state index in [2.05, 4.69) is 5.32 Å². The van der Waals surface area contributed by atoms with E-state index >= 15 is 0 Å². The molecule has 0 aromatic heterocycles. The number of rotatable bonds is 6. The van der Waals surface area contributed by atoms with Crippen LogP contribution in [-0.4, -0.2) is 74.0 Å². The second kappa shape index (κ2) is 9.17. The van der Waals surface area contributed by atoms with Crippen molar-refractivity contribution < 1.29 is 19.1 Å². The Morgan fingerprint density at radius 2 is 1.72 bits per heavy atom. The largest absolute Gasteiger partial charge is 0.385 e. The molecule has 1 N–H and O–H groups in total. The third kappa shape index (κ3) is 5.29. The molecule has 0 radical (unpaired) electrons. The van der Waals surface area contributed by atoms with Gasteiger partial charge in [-0.1, -0.05) is 6.07 Å². The number of carbonyl (C=O) groups excluding carboxylic acids is 3. The average molecular weight is 347 g/mol. The summed E-state index contributed by atoms with van der Waals surface area (Å²) in [6.45, 7) is 4.74. The van der Waals surface area contributed by atoms with Crippen LogP contribution in [0, 0.1) is 0 Å². The first-order valence-corrected chi connectivity index (χ1v) is 8.45. The molecule has 0 unspecified atom stereocenters. The summed E-state index contributed by atoms with van der Waals surface area (Å²) in [5, 5.41) is 2.81. The molecule has 136 valence electrons. The molecule has 1 aromatic carbocycles. The Morgan fingerprint density at radius 1 is 1.08 bits per heavy atom. The number of hydrogen-bond acceptors (Lipinski definition) is 4. The molecule has 0 atom stereocenters. The van der Waals surface area contributed by atoms with Crippen LogP contribution in [0.4, 0.5) is 0 Å². The maximum Gasteiger partial charge on any atom is 0.253 e. The molecule has 1 fully saturated rings. The molecule has 1 aromatic rings. The standard InChI is InChI=1S/C18H25N3O4/c1-14(22)20-8-10-21(11-9-20)18(24)16-6-3-5-15(13-16)17(23)19-7-4-12-25-2/h3,5-6,13H,4,7-12H2,1-2H3,(H,19,23). The SMILES string of the molecule is COCCCNC(=O)c1cccc(C(=O)N2CCN(C(C)=O)CC2)c1. The van der Waals surface area contributed by atoms with E-state index in [1.807, 2.05) is 0 Å². The summed E-state index contributed by atoms with van der Waals surface area (Å²) in [4.78, 5) is 39.6. The summed E-state index contributed by atoms with van der Waals surface area (Å²) >= 11 is 0. The molecular formula is C18H25N3O4. The van der Waals surface area contributed by atoms with Gasteiger partial charge in [0.1, 0.15) is 0 Å². The molecule has 2 rings (SSSR count). The van der Waals surface area contributed by atoms with E-state index in [0.717, 1.165) is 6.42 Å². The minimum absolute atomic E-state index is 0.0271. The quantitative estimate of drug-likeness (QED) is 0.771. The topological polar surface area (TPSA) is 79.0 Å². The number of nitrogens with zero attached hydrogens (tertiary/aromatic N) is 2. The van der Waals surface area contributed by atoms with E-state index in [1.54, 1.807) is 41.2 Å². The molecule has 3 amide bonds. The number of piperazine rings is 1. The summed E-state index contributed by atoms with van der Waals surface area (Å²) < 4.78 is 4.94. The zero-order chi connectivity index (χ0) is 18.2. The molecule has 1 saturated heterocycles. The average Bonchev–Trinajstić information content (AvgIpc) is 2.64. The number of hydrogen-bond donors (Lipinski definition) is 1. The van der Waals surface area contributed by atoms with E-state index in [9.17, 15) is 14.4 Å². The smallest absolute Gasteiger partial charge is 0.253 e. The number of carbonyl (C=O) groups is 3. The van der Waals surface area contributed by atoms with Crippen molar-refractivity contribution in [1.29, 1.82) is 0 Å². The van der Waals surface area contributed by atoms with Crippen LogP contribution in [-0.2, 0) is 9.53 Å². The maximum atomic E-state index is 12.6. The summed E-state index contributed by atoms with van der Waals surface area (Å²) in [7, 11) is 1.62. The Kier molecular flexibility index (Phi) is 6.94. The lowest BCUT2D eigenvalue weighted by Gasteiger charge is -2.34. The molecule has 7 nitrogen and oxygen atoms in total. The highest BCUT2D eigenvalue weighted by molar-refractivity contribution is 5.99. The van der Waals surface area contributed by atoms with Crippen molar-refractivity contribution in [3.63, 3.8) is 0 Å². The lowest BCUT2D eigenvalue weighted by atomic mass is 10.1. The Morgan fingerprint density at radius 3 is 2.36 bits per heavy atom. The second-order valence-corrected chi connectivity index (χ2v) is 5.98. The molecule has 1 aliphatic rings.